The molecule has 0 heterocycles. The van der Waals surface area contributed by atoms with Gasteiger partial charge in [0.15, 0.2) is 28.8 Å². The Labute approximate surface area is 193 Å². The van der Waals surface area contributed by atoms with Crippen molar-refractivity contribution in [2.45, 2.75) is 18.8 Å². The summed E-state index contributed by atoms with van der Waals surface area (Å²) in [6.45, 7) is 0. The summed E-state index contributed by atoms with van der Waals surface area (Å²) in [4.78, 5) is 13.6. The SMILES string of the molecule is COc1ccc(C2=CC(C(=O)C3=CC=C(O)C3)C(c3cccc(OC)c3OC)C2)cc1OC. The molecule has 2 aromatic rings. The third-order valence-electron chi connectivity index (χ3n) is 6.31. The molecule has 0 saturated heterocycles. The van der Waals surface area contributed by atoms with Gasteiger partial charge in [-0.2, -0.15) is 0 Å². The second-order valence-corrected chi connectivity index (χ2v) is 8.07. The van der Waals surface area contributed by atoms with Crippen molar-refractivity contribution in [3.8, 4) is 23.0 Å². The summed E-state index contributed by atoms with van der Waals surface area (Å²) in [7, 11) is 6.42. The van der Waals surface area contributed by atoms with Gasteiger partial charge in [0, 0.05) is 29.4 Å². The Morgan fingerprint density at radius 3 is 2.30 bits per heavy atom. The number of aliphatic hydroxyl groups is 1. The molecule has 2 aliphatic carbocycles. The van der Waals surface area contributed by atoms with E-state index in [9.17, 15) is 9.90 Å². The minimum absolute atomic E-state index is 0.000602. The second kappa shape index (κ2) is 9.45. The largest absolute Gasteiger partial charge is 0.512 e. The number of carbonyl (C=O) groups excluding carboxylic acids is 1. The van der Waals surface area contributed by atoms with E-state index in [-0.39, 0.29) is 23.9 Å². The van der Waals surface area contributed by atoms with Crippen LogP contribution in [0.1, 0.15) is 29.9 Å². The van der Waals surface area contributed by atoms with Crippen molar-refractivity contribution >= 4 is 11.4 Å². The molecule has 2 aliphatic rings. The van der Waals surface area contributed by atoms with E-state index >= 15 is 0 Å². The quantitative estimate of drug-likeness (QED) is 0.595. The predicted molar refractivity (Wildman–Crippen MR) is 126 cm³/mol. The van der Waals surface area contributed by atoms with Gasteiger partial charge in [-0.05, 0) is 41.8 Å². The zero-order valence-corrected chi connectivity index (χ0v) is 19.3. The molecule has 0 aromatic heterocycles. The molecule has 2 aromatic carbocycles. The van der Waals surface area contributed by atoms with E-state index in [0.29, 0.717) is 35.0 Å². The lowest BCUT2D eigenvalue weighted by Crippen LogP contribution is -2.19. The standard InChI is InChI=1S/C27H28O6/c1-30-23-11-9-16(15-25(23)32-3)18-13-21(20-6-5-7-24(31-2)27(20)33-4)22(14-18)26(29)17-8-10-19(28)12-17/h5-11,14-15,21-22,28H,12-13H2,1-4H3. The molecule has 0 bridgehead atoms. The summed E-state index contributed by atoms with van der Waals surface area (Å²) < 4.78 is 22.1. The Bertz CT molecular complexity index is 1160. The number of Topliss-reactive ketones (excluding diaryl/α,β-unsaturated/α-hetero) is 1. The van der Waals surface area contributed by atoms with Crippen LogP contribution < -0.4 is 18.9 Å². The predicted octanol–water partition coefficient (Wildman–Crippen LogP) is 5.25. The third kappa shape index (κ3) is 4.21. The van der Waals surface area contributed by atoms with Crippen LogP contribution in [0, 0.1) is 5.92 Å². The summed E-state index contributed by atoms with van der Waals surface area (Å²) in [6, 6.07) is 11.5. The zero-order valence-electron chi connectivity index (χ0n) is 19.3. The molecular weight excluding hydrogens is 420 g/mol. The van der Waals surface area contributed by atoms with Gasteiger partial charge in [0.05, 0.1) is 34.2 Å². The van der Waals surface area contributed by atoms with Crippen LogP contribution >= 0.6 is 0 Å². The third-order valence-corrected chi connectivity index (χ3v) is 6.31. The first-order valence-electron chi connectivity index (χ1n) is 10.8. The average molecular weight is 449 g/mol. The Hall–Kier alpha value is -3.67. The molecule has 0 aliphatic heterocycles. The first-order valence-corrected chi connectivity index (χ1v) is 10.8. The first kappa shape index (κ1) is 22.5. The number of ether oxygens (including phenoxy) is 4. The molecule has 6 nitrogen and oxygen atoms in total. The van der Waals surface area contributed by atoms with E-state index in [1.165, 1.54) is 0 Å². The zero-order chi connectivity index (χ0) is 23.5. The van der Waals surface area contributed by atoms with Crippen LogP contribution in [-0.2, 0) is 4.79 Å². The molecule has 4 rings (SSSR count). The summed E-state index contributed by atoms with van der Waals surface area (Å²) >= 11 is 0. The smallest absolute Gasteiger partial charge is 0.166 e. The Kier molecular flexibility index (Phi) is 6.45. The average Bonchev–Trinajstić information content (AvgIpc) is 3.49. The molecule has 33 heavy (non-hydrogen) atoms. The number of hydrogen-bond donors (Lipinski definition) is 1. The van der Waals surface area contributed by atoms with Crippen molar-refractivity contribution in [3.05, 3.63) is 77.1 Å². The first-order chi connectivity index (χ1) is 16.0. The molecule has 0 saturated carbocycles. The lowest BCUT2D eigenvalue weighted by Gasteiger charge is -2.23. The number of methoxy groups -OCH3 is 4. The monoisotopic (exact) mass is 448 g/mol. The number of aliphatic hydroxyl groups excluding tert-OH is 1. The van der Waals surface area contributed by atoms with Crippen LogP contribution in [0.2, 0.25) is 0 Å². The summed E-state index contributed by atoms with van der Waals surface area (Å²) in [5, 5.41) is 9.84. The maximum absolute atomic E-state index is 13.6. The van der Waals surface area contributed by atoms with Crippen molar-refractivity contribution in [2.24, 2.45) is 5.92 Å². The number of benzene rings is 2. The van der Waals surface area contributed by atoms with E-state index < -0.39 is 5.92 Å². The molecule has 0 fully saturated rings. The Balaban J connectivity index is 1.77. The van der Waals surface area contributed by atoms with Gasteiger partial charge in [-0.25, -0.2) is 0 Å². The molecule has 0 spiro atoms. The maximum Gasteiger partial charge on any atom is 0.166 e. The van der Waals surface area contributed by atoms with Crippen LogP contribution in [0.4, 0.5) is 0 Å². The minimum Gasteiger partial charge on any atom is -0.512 e. The van der Waals surface area contributed by atoms with Gasteiger partial charge in [-0.15, -0.1) is 0 Å². The molecule has 0 radical (unpaired) electrons. The van der Waals surface area contributed by atoms with Crippen LogP contribution in [0.5, 0.6) is 23.0 Å². The van der Waals surface area contributed by atoms with Crippen LogP contribution in [-0.4, -0.2) is 39.3 Å². The number of carbonyl (C=O) groups is 1. The van der Waals surface area contributed by atoms with Crippen molar-refractivity contribution in [3.63, 3.8) is 0 Å². The van der Waals surface area contributed by atoms with Crippen molar-refractivity contribution in [1.82, 2.24) is 0 Å². The van der Waals surface area contributed by atoms with Gasteiger partial charge in [0.1, 0.15) is 0 Å². The molecule has 2 unspecified atom stereocenters. The number of rotatable bonds is 8. The van der Waals surface area contributed by atoms with Crippen molar-refractivity contribution in [2.75, 3.05) is 28.4 Å². The molecule has 172 valence electrons. The van der Waals surface area contributed by atoms with Crippen LogP contribution in [0.15, 0.2) is 66.0 Å². The van der Waals surface area contributed by atoms with Gasteiger partial charge >= 0.3 is 0 Å². The maximum atomic E-state index is 13.6. The van der Waals surface area contributed by atoms with Gasteiger partial charge in [-0.3, -0.25) is 4.79 Å². The summed E-state index contributed by atoms with van der Waals surface area (Å²) in [6.07, 6.45) is 6.23. The Morgan fingerprint density at radius 2 is 1.67 bits per heavy atom. The van der Waals surface area contributed by atoms with Crippen LogP contribution in [0.25, 0.3) is 5.57 Å². The van der Waals surface area contributed by atoms with Crippen molar-refractivity contribution in [1.29, 1.82) is 0 Å². The molecule has 2 atom stereocenters. The topological polar surface area (TPSA) is 74.2 Å². The highest BCUT2D eigenvalue weighted by atomic mass is 16.5. The molecule has 0 amide bonds. The Morgan fingerprint density at radius 1 is 0.909 bits per heavy atom. The molecule has 6 heteroatoms. The fourth-order valence-corrected chi connectivity index (χ4v) is 4.67. The lowest BCUT2D eigenvalue weighted by molar-refractivity contribution is -0.118. The summed E-state index contributed by atoms with van der Waals surface area (Å²) in [5.41, 5.74) is 3.53. The highest BCUT2D eigenvalue weighted by molar-refractivity contribution is 6.02. The van der Waals surface area contributed by atoms with Gasteiger partial charge in [0.25, 0.3) is 0 Å². The number of hydrogen-bond acceptors (Lipinski definition) is 6. The van der Waals surface area contributed by atoms with E-state index in [1.807, 2.05) is 42.5 Å². The molecular formula is C27H28O6. The fraction of sp³-hybridized carbons (Fsp3) is 0.296. The normalized spacial score (nSPS) is 19.5. The van der Waals surface area contributed by atoms with Crippen LogP contribution in [0.3, 0.4) is 0 Å². The van der Waals surface area contributed by atoms with E-state index in [2.05, 4.69) is 0 Å². The van der Waals surface area contributed by atoms with Gasteiger partial charge < -0.3 is 24.1 Å². The van der Waals surface area contributed by atoms with E-state index in [1.54, 1.807) is 40.6 Å². The van der Waals surface area contributed by atoms with Crippen molar-refractivity contribution < 1.29 is 28.8 Å². The number of ketones is 1. The number of para-hydroxylation sites is 1. The van der Waals surface area contributed by atoms with Gasteiger partial charge in [0.2, 0.25) is 0 Å². The number of allylic oxidation sites excluding steroid dienone is 5. The lowest BCUT2D eigenvalue weighted by atomic mass is 9.82. The van der Waals surface area contributed by atoms with Gasteiger partial charge in [-0.1, -0.05) is 30.4 Å². The van der Waals surface area contributed by atoms with E-state index in [0.717, 1.165) is 16.7 Å². The highest BCUT2D eigenvalue weighted by Gasteiger charge is 2.38. The molecule has 1 N–H and O–H groups in total. The summed E-state index contributed by atoms with van der Waals surface area (Å²) in [5.74, 6) is 2.20. The highest BCUT2D eigenvalue weighted by Crippen LogP contribution is 2.49. The second-order valence-electron chi connectivity index (χ2n) is 8.07. The minimum atomic E-state index is -0.403. The fourth-order valence-electron chi connectivity index (χ4n) is 4.67. The van der Waals surface area contributed by atoms with E-state index in [4.69, 9.17) is 18.9 Å².